The molecule has 1 aliphatic heterocycles. The molecule has 0 radical (unpaired) electrons. The molecule has 2 aromatic carbocycles. The summed E-state index contributed by atoms with van der Waals surface area (Å²) in [7, 11) is 0. The van der Waals surface area contributed by atoms with Crippen LogP contribution in [0.15, 0.2) is 42.5 Å². The van der Waals surface area contributed by atoms with Crippen molar-refractivity contribution in [3.05, 3.63) is 59.2 Å². The van der Waals surface area contributed by atoms with E-state index in [9.17, 15) is 14.7 Å². The van der Waals surface area contributed by atoms with Crippen molar-refractivity contribution in [3.63, 3.8) is 0 Å². The van der Waals surface area contributed by atoms with Crippen LogP contribution >= 0.6 is 0 Å². The minimum atomic E-state index is -0.923. The molecule has 0 saturated heterocycles. The molecule has 0 aliphatic carbocycles. The first-order chi connectivity index (χ1) is 11.5. The number of carbonyl (C=O) groups is 2. The first-order valence-electron chi connectivity index (χ1n) is 7.80. The molecule has 1 amide bonds. The summed E-state index contributed by atoms with van der Waals surface area (Å²) in [4.78, 5) is 25.5. The maximum atomic E-state index is 12.6. The van der Waals surface area contributed by atoms with Crippen molar-refractivity contribution in [1.29, 1.82) is 0 Å². The van der Waals surface area contributed by atoms with Gasteiger partial charge in [0.25, 0.3) is 5.91 Å². The van der Waals surface area contributed by atoms with Crippen molar-refractivity contribution in [3.8, 4) is 5.75 Å². The Labute approximate surface area is 140 Å². The van der Waals surface area contributed by atoms with Gasteiger partial charge in [0, 0.05) is 12.2 Å². The van der Waals surface area contributed by atoms with Crippen LogP contribution < -0.4 is 9.64 Å². The van der Waals surface area contributed by atoms with Gasteiger partial charge in [-0.15, -0.1) is 0 Å². The molecule has 0 bridgehead atoms. The van der Waals surface area contributed by atoms with E-state index in [4.69, 9.17) is 4.74 Å². The van der Waals surface area contributed by atoms with Crippen LogP contribution in [0.4, 0.5) is 5.69 Å². The Morgan fingerprint density at radius 1 is 1.12 bits per heavy atom. The zero-order chi connectivity index (χ0) is 17.3. The summed E-state index contributed by atoms with van der Waals surface area (Å²) >= 11 is 0. The van der Waals surface area contributed by atoms with Crippen LogP contribution in [0, 0.1) is 13.8 Å². The van der Waals surface area contributed by atoms with Gasteiger partial charge in [0.15, 0.2) is 6.61 Å². The first-order valence-corrected chi connectivity index (χ1v) is 7.80. The van der Waals surface area contributed by atoms with E-state index in [1.807, 2.05) is 32.0 Å². The fourth-order valence-corrected chi connectivity index (χ4v) is 3.09. The molecule has 1 N–H and O–H groups in total. The third-order valence-electron chi connectivity index (χ3n) is 4.32. The van der Waals surface area contributed by atoms with Gasteiger partial charge in [0.05, 0.1) is 0 Å². The summed E-state index contributed by atoms with van der Waals surface area (Å²) in [6.07, 6.45) is 0. The minimum absolute atomic E-state index is 0.119. The highest BCUT2D eigenvalue weighted by atomic mass is 16.5. The summed E-state index contributed by atoms with van der Waals surface area (Å²) in [6.45, 7) is 3.88. The number of carboxylic acid groups (broad SMARTS) is 1. The molecule has 1 unspecified atom stereocenters. The predicted octanol–water partition coefficient (Wildman–Crippen LogP) is 2.90. The topological polar surface area (TPSA) is 66.8 Å². The van der Waals surface area contributed by atoms with Crippen LogP contribution in [0.3, 0.4) is 0 Å². The quantitative estimate of drug-likeness (QED) is 0.938. The van der Waals surface area contributed by atoms with Gasteiger partial charge in [-0.25, -0.2) is 0 Å². The Kier molecular flexibility index (Phi) is 4.25. The lowest BCUT2D eigenvalue weighted by Gasteiger charge is -2.19. The number of amides is 1. The van der Waals surface area contributed by atoms with E-state index in [-0.39, 0.29) is 19.1 Å². The molecule has 0 aromatic heterocycles. The highest BCUT2D eigenvalue weighted by Crippen LogP contribution is 2.36. The fraction of sp³-hybridized carbons (Fsp3) is 0.263. The molecule has 1 aliphatic rings. The van der Waals surface area contributed by atoms with Crippen molar-refractivity contribution in [2.45, 2.75) is 19.8 Å². The Morgan fingerprint density at radius 2 is 1.79 bits per heavy atom. The minimum Gasteiger partial charge on any atom is -0.483 e. The molecule has 0 fully saturated rings. The first kappa shape index (κ1) is 16.1. The van der Waals surface area contributed by atoms with Gasteiger partial charge >= 0.3 is 5.97 Å². The molecule has 124 valence electrons. The second kappa shape index (κ2) is 6.35. The molecule has 2 aromatic rings. The number of aliphatic carboxylic acids is 1. The molecule has 0 saturated carbocycles. The lowest BCUT2D eigenvalue weighted by molar-refractivity contribution is -0.138. The highest BCUT2D eigenvalue weighted by Gasteiger charge is 2.36. The largest absolute Gasteiger partial charge is 0.483 e. The standard InChI is InChI=1S/C19H19NO4/c1-12-6-5-7-13(2)18(12)24-11-17(21)20-10-15(19(22)23)14-8-3-4-9-16(14)20/h3-9,15H,10-11H2,1-2H3,(H,22,23). The van der Waals surface area contributed by atoms with E-state index in [0.29, 0.717) is 17.0 Å². The van der Waals surface area contributed by atoms with Crippen LogP contribution in [0.2, 0.25) is 0 Å². The summed E-state index contributed by atoms with van der Waals surface area (Å²) in [5.41, 5.74) is 3.26. The van der Waals surface area contributed by atoms with Gasteiger partial charge in [-0.05, 0) is 36.6 Å². The molecule has 1 atom stereocenters. The van der Waals surface area contributed by atoms with Crippen molar-refractivity contribution in [2.24, 2.45) is 0 Å². The Bertz CT molecular complexity index is 779. The van der Waals surface area contributed by atoms with Crippen molar-refractivity contribution in [1.82, 2.24) is 0 Å². The Balaban J connectivity index is 1.78. The fourth-order valence-electron chi connectivity index (χ4n) is 3.09. The van der Waals surface area contributed by atoms with Gasteiger partial charge in [0.1, 0.15) is 11.7 Å². The lowest BCUT2D eigenvalue weighted by atomic mass is 10.0. The van der Waals surface area contributed by atoms with Gasteiger partial charge in [-0.2, -0.15) is 0 Å². The Morgan fingerprint density at radius 3 is 2.46 bits per heavy atom. The van der Waals surface area contributed by atoms with E-state index in [0.717, 1.165) is 11.1 Å². The molecule has 5 heteroatoms. The number of anilines is 1. The number of carbonyl (C=O) groups excluding carboxylic acids is 1. The monoisotopic (exact) mass is 325 g/mol. The lowest BCUT2D eigenvalue weighted by Crippen LogP contribution is -2.35. The average Bonchev–Trinajstić information content (AvgIpc) is 2.94. The van der Waals surface area contributed by atoms with Crippen molar-refractivity contribution < 1.29 is 19.4 Å². The second-order valence-electron chi connectivity index (χ2n) is 5.96. The summed E-state index contributed by atoms with van der Waals surface area (Å²) < 4.78 is 5.71. The molecular weight excluding hydrogens is 306 g/mol. The number of ether oxygens (including phenoxy) is 1. The summed E-state index contributed by atoms with van der Waals surface area (Å²) in [6, 6.07) is 12.9. The van der Waals surface area contributed by atoms with E-state index >= 15 is 0 Å². The number of hydrogen-bond acceptors (Lipinski definition) is 3. The number of para-hydroxylation sites is 2. The van der Waals surface area contributed by atoms with E-state index in [2.05, 4.69) is 0 Å². The maximum Gasteiger partial charge on any atom is 0.312 e. The number of fused-ring (bicyclic) bond motifs is 1. The van der Waals surface area contributed by atoms with Crippen molar-refractivity contribution in [2.75, 3.05) is 18.1 Å². The number of nitrogens with zero attached hydrogens (tertiary/aromatic N) is 1. The van der Waals surface area contributed by atoms with Gasteiger partial charge in [0.2, 0.25) is 0 Å². The SMILES string of the molecule is Cc1cccc(C)c1OCC(=O)N1CC(C(=O)O)c2ccccc21. The number of hydrogen-bond donors (Lipinski definition) is 1. The zero-order valence-corrected chi connectivity index (χ0v) is 13.7. The second-order valence-corrected chi connectivity index (χ2v) is 5.96. The zero-order valence-electron chi connectivity index (χ0n) is 13.7. The maximum absolute atomic E-state index is 12.6. The number of carboxylic acids is 1. The van der Waals surface area contributed by atoms with Crippen LogP contribution in [-0.4, -0.2) is 30.1 Å². The number of benzene rings is 2. The van der Waals surface area contributed by atoms with Crippen LogP contribution in [0.5, 0.6) is 5.75 Å². The van der Waals surface area contributed by atoms with Gasteiger partial charge < -0.3 is 14.7 Å². The third kappa shape index (κ3) is 2.85. The molecule has 3 rings (SSSR count). The summed E-state index contributed by atoms with van der Waals surface area (Å²) in [5.74, 6) is -1.15. The normalized spacial score (nSPS) is 15.9. The van der Waals surface area contributed by atoms with Gasteiger partial charge in [-0.1, -0.05) is 36.4 Å². The number of rotatable bonds is 4. The van der Waals surface area contributed by atoms with Crippen LogP contribution in [0.1, 0.15) is 22.6 Å². The van der Waals surface area contributed by atoms with Crippen LogP contribution in [-0.2, 0) is 9.59 Å². The number of aryl methyl sites for hydroxylation is 2. The molecule has 5 nitrogen and oxygen atoms in total. The molecule has 1 heterocycles. The average molecular weight is 325 g/mol. The molecule has 0 spiro atoms. The van der Waals surface area contributed by atoms with E-state index in [1.165, 1.54) is 4.90 Å². The molecular formula is C19H19NO4. The predicted molar refractivity (Wildman–Crippen MR) is 90.6 cm³/mol. The van der Waals surface area contributed by atoms with Crippen LogP contribution in [0.25, 0.3) is 0 Å². The molecule has 24 heavy (non-hydrogen) atoms. The highest BCUT2D eigenvalue weighted by molar-refractivity contribution is 5.99. The summed E-state index contributed by atoms with van der Waals surface area (Å²) in [5, 5.41) is 9.37. The van der Waals surface area contributed by atoms with E-state index < -0.39 is 11.9 Å². The smallest absolute Gasteiger partial charge is 0.312 e. The van der Waals surface area contributed by atoms with Gasteiger partial charge in [-0.3, -0.25) is 9.59 Å². The van der Waals surface area contributed by atoms with Crippen molar-refractivity contribution >= 4 is 17.6 Å². The Hall–Kier alpha value is -2.82. The third-order valence-corrected chi connectivity index (χ3v) is 4.32. The van der Waals surface area contributed by atoms with E-state index in [1.54, 1.807) is 24.3 Å².